The van der Waals surface area contributed by atoms with Crippen LogP contribution in [0.2, 0.25) is 0 Å². The summed E-state index contributed by atoms with van der Waals surface area (Å²) in [6.07, 6.45) is 4.82. The Morgan fingerprint density at radius 3 is 1.30 bits per heavy atom. The molecule has 0 atom stereocenters. The van der Waals surface area contributed by atoms with Crippen molar-refractivity contribution in [2.75, 3.05) is 36.0 Å². The molecule has 2 nitrogen and oxygen atoms in total. The second kappa shape index (κ2) is 9.68. The van der Waals surface area contributed by atoms with E-state index in [-0.39, 0.29) is 0 Å². The third-order valence-electron chi connectivity index (χ3n) is 3.53. The Kier molecular flexibility index (Phi) is 8.17. The minimum Gasteiger partial charge on any atom is -0.371 e. The van der Waals surface area contributed by atoms with Crippen molar-refractivity contribution in [1.82, 2.24) is 0 Å². The summed E-state index contributed by atoms with van der Waals surface area (Å²) in [7, 11) is 0. The molecule has 0 aliphatic heterocycles. The standard InChI is InChI=1S/C18H32N2/c1-5-12-19(13-6-2)17-10-9-11-18(16-17)20(14-7-3)15-8-4/h9-11,16H,5-8,12-15H2,1-4H3. The van der Waals surface area contributed by atoms with Gasteiger partial charge in [0, 0.05) is 37.6 Å². The van der Waals surface area contributed by atoms with Gasteiger partial charge in [-0.05, 0) is 43.9 Å². The monoisotopic (exact) mass is 276 g/mol. The van der Waals surface area contributed by atoms with Crippen LogP contribution in [0.3, 0.4) is 0 Å². The molecule has 0 saturated carbocycles. The van der Waals surface area contributed by atoms with Gasteiger partial charge in [-0.25, -0.2) is 0 Å². The number of nitrogens with zero attached hydrogens (tertiary/aromatic N) is 2. The second-order valence-electron chi connectivity index (χ2n) is 5.49. The highest BCUT2D eigenvalue weighted by Crippen LogP contribution is 2.23. The van der Waals surface area contributed by atoms with Crippen molar-refractivity contribution in [1.29, 1.82) is 0 Å². The van der Waals surface area contributed by atoms with E-state index >= 15 is 0 Å². The van der Waals surface area contributed by atoms with Gasteiger partial charge in [0.25, 0.3) is 0 Å². The maximum atomic E-state index is 2.51. The molecular weight excluding hydrogens is 244 g/mol. The molecule has 114 valence electrons. The SMILES string of the molecule is CCCN(CCC)c1cccc(N(CCC)CCC)c1. The molecule has 0 amide bonds. The third-order valence-corrected chi connectivity index (χ3v) is 3.53. The van der Waals surface area contributed by atoms with Gasteiger partial charge in [0.05, 0.1) is 0 Å². The van der Waals surface area contributed by atoms with E-state index in [1.807, 2.05) is 0 Å². The predicted octanol–water partition coefficient (Wildman–Crippen LogP) is 4.94. The fraction of sp³-hybridized carbons (Fsp3) is 0.667. The summed E-state index contributed by atoms with van der Waals surface area (Å²) in [4.78, 5) is 5.03. The Hall–Kier alpha value is -1.18. The smallest absolute Gasteiger partial charge is 0.0386 e. The summed E-state index contributed by atoms with van der Waals surface area (Å²) < 4.78 is 0. The molecule has 1 rings (SSSR count). The first-order valence-corrected chi connectivity index (χ1v) is 8.36. The first-order valence-electron chi connectivity index (χ1n) is 8.36. The van der Waals surface area contributed by atoms with Gasteiger partial charge < -0.3 is 9.80 Å². The molecule has 0 aromatic heterocycles. The zero-order valence-corrected chi connectivity index (χ0v) is 13.9. The molecule has 2 heteroatoms. The van der Waals surface area contributed by atoms with Crippen LogP contribution in [-0.2, 0) is 0 Å². The van der Waals surface area contributed by atoms with Crippen LogP contribution in [0.15, 0.2) is 24.3 Å². The number of hydrogen-bond acceptors (Lipinski definition) is 2. The lowest BCUT2D eigenvalue weighted by molar-refractivity contribution is 0.736. The molecule has 0 heterocycles. The first-order chi connectivity index (χ1) is 9.76. The Morgan fingerprint density at radius 2 is 1.00 bits per heavy atom. The molecule has 0 aliphatic rings. The van der Waals surface area contributed by atoms with Crippen LogP contribution in [0.4, 0.5) is 11.4 Å². The van der Waals surface area contributed by atoms with Gasteiger partial charge >= 0.3 is 0 Å². The lowest BCUT2D eigenvalue weighted by atomic mass is 10.2. The number of hydrogen-bond donors (Lipinski definition) is 0. The van der Waals surface area contributed by atoms with Gasteiger partial charge in [-0.1, -0.05) is 33.8 Å². The zero-order chi connectivity index (χ0) is 14.8. The van der Waals surface area contributed by atoms with Crippen molar-refractivity contribution in [2.24, 2.45) is 0 Å². The van der Waals surface area contributed by atoms with E-state index in [1.54, 1.807) is 0 Å². The zero-order valence-electron chi connectivity index (χ0n) is 13.9. The van der Waals surface area contributed by atoms with Crippen LogP contribution in [0.5, 0.6) is 0 Å². The van der Waals surface area contributed by atoms with Crippen molar-refractivity contribution < 1.29 is 0 Å². The van der Waals surface area contributed by atoms with Crippen molar-refractivity contribution in [3.8, 4) is 0 Å². The van der Waals surface area contributed by atoms with E-state index in [2.05, 4.69) is 61.8 Å². The topological polar surface area (TPSA) is 6.48 Å². The molecule has 0 aliphatic carbocycles. The molecule has 0 saturated heterocycles. The molecule has 20 heavy (non-hydrogen) atoms. The maximum Gasteiger partial charge on any atom is 0.0386 e. The summed E-state index contributed by atoms with van der Waals surface area (Å²) in [6, 6.07) is 9.09. The van der Waals surface area contributed by atoms with Crippen LogP contribution in [0.25, 0.3) is 0 Å². The van der Waals surface area contributed by atoms with Crippen LogP contribution >= 0.6 is 0 Å². The summed E-state index contributed by atoms with van der Waals surface area (Å²) in [6.45, 7) is 13.6. The molecule has 0 bridgehead atoms. The minimum absolute atomic E-state index is 1.15. The van der Waals surface area contributed by atoms with E-state index in [1.165, 1.54) is 37.1 Å². The summed E-state index contributed by atoms with van der Waals surface area (Å²) in [5.74, 6) is 0. The second-order valence-corrected chi connectivity index (χ2v) is 5.49. The molecule has 0 fully saturated rings. The van der Waals surface area contributed by atoms with Crippen LogP contribution in [-0.4, -0.2) is 26.2 Å². The predicted molar refractivity (Wildman–Crippen MR) is 92.0 cm³/mol. The summed E-state index contributed by atoms with van der Waals surface area (Å²) in [5.41, 5.74) is 2.76. The molecule has 0 N–H and O–H groups in total. The molecular formula is C18H32N2. The van der Waals surface area contributed by atoms with E-state index in [9.17, 15) is 0 Å². The highest BCUT2D eigenvalue weighted by Gasteiger charge is 2.08. The lowest BCUT2D eigenvalue weighted by Crippen LogP contribution is -2.27. The Morgan fingerprint density at radius 1 is 0.650 bits per heavy atom. The minimum atomic E-state index is 1.15. The van der Waals surface area contributed by atoms with Gasteiger partial charge in [0.1, 0.15) is 0 Å². The third kappa shape index (κ3) is 5.07. The summed E-state index contributed by atoms with van der Waals surface area (Å²) >= 11 is 0. The normalized spacial score (nSPS) is 10.6. The van der Waals surface area contributed by atoms with Crippen molar-refractivity contribution in [3.05, 3.63) is 24.3 Å². The highest BCUT2D eigenvalue weighted by atomic mass is 15.1. The molecule has 0 radical (unpaired) electrons. The van der Waals surface area contributed by atoms with Gasteiger partial charge in [0.15, 0.2) is 0 Å². The summed E-state index contributed by atoms with van der Waals surface area (Å²) in [5, 5.41) is 0. The molecule has 1 aromatic carbocycles. The average Bonchev–Trinajstić information content (AvgIpc) is 2.47. The van der Waals surface area contributed by atoms with E-state index in [4.69, 9.17) is 0 Å². The van der Waals surface area contributed by atoms with E-state index in [0.29, 0.717) is 0 Å². The molecule has 1 aromatic rings. The van der Waals surface area contributed by atoms with Crippen molar-refractivity contribution >= 4 is 11.4 Å². The molecule has 0 unspecified atom stereocenters. The number of anilines is 2. The fourth-order valence-electron chi connectivity index (χ4n) is 2.71. The van der Waals surface area contributed by atoms with Gasteiger partial charge in [-0.3, -0.25) is 0 Å². The van der Waals surface area contributed by atoms with Crippen LogP contribution in [0.1, 0.15) is 53.4 Å². The fourth-order valence-corrected chi connectivity index (χ4v) is 2.71. The largest absolute Gasteiger partial charge is 0.371 e. The lowest BCUT2D eigenvalue weighted by Gasteiger charge is -2.28. The van der Waals surface area contributed by atoms with Crippen LogP contribution in [0, 0.1) is 0 Å². The first kappa shape index (κ1) is 16.9. The number of benzene rings is 1. The average molecular weight is 276 g/mol. The number of rotatable bonds is 10. The quantitative estimate of drug-likeness (QED) is 0.597. The van der Waals surface area contributed by atoms with Crippen LogP contribution < -0.4 is 9.80 Å². The van der Waals surface area contributed by atoms with Crippen molar-refractivity contribution in [3.63, 3.8) is 0 Å². The van der Waals surface area contributed by atoms with Crippen molar-refractivity contribution in [2.45, 2.75) is 53.4 Å². The van der Waals surface area contributed by atoms with E-state index < -0.39 is 0 Å². The molecule has 0 spiro atoms. The Labute approximate surface area is 125 Å². The van der Waals surface area contributed by atoms with E-state index in [0.717, 1.165) is 26.2 Å². The Bertz CT molecular complexity index is 319. The van der Waals surface area contributed by atoms with Gasteiger partial charge in [0.2, 0.25) is 0 Å². The highest BCUT2D eigenvalue weighted by molar-refractivity contribution is 5.59. The van der Waals surface area contributed by atoms with Gasteiger partial charge in [-0.15, -0.1) is 0 Å². The Balaban J connectivity index is 2.90. The maximum absolute atomic E-state index is 2.51. The van der Waals surface area contributed by atoms with Gasteiger partial charge in [-0.2, -0.15) is 0 Å².